The summed E-state index contributed by atoms with van der Waals surface area (Å²) in [4.78, 5) is 23.5. The van der Waals surface area contributed by atoms with Crippen LogP contribution in [0.5, 0.6) is 0 Å². The molecule has 0 aromatic rings. The topological polar surface area (TPSA) is 69.6 Å². The van der Waals surface area contributed by atoms with Gasteiger partial charge in [-0.05, 0) is 31.8 Å². The van der Waals surface area contributed by atoms with Crippen molar-refractivity contribution in [2.45, 2.75) is 40.0 Å². The van der Waals surface area contributed by atoms with Gasteiger partial charge >= 0.3 is 5.97 Å². The maximum absolute atomic E-state index is 10.7. The molecule has 0 bridgehead atoms. The molecule has 5 heteroatoms. The fraction of sp³-hybridized carbons (Fsp3) is 0.846. The maximum Gasteiger partial charge on any atom is 0.304 e. The van der Waals surface area contributed by atoms with Gasteiger partial charge in [0.15, 0.2) is 0 Å². The van der Waals surface area contributed by atoms with Crippen LogP contribution in [0.15, 0.2) is 0 Å². The number of carboxylic acid groups (broad SMARTS) is 1. The van der Waals surface area contributed by atoms with Crippen LogP contribution in [0, 0.1) is 5.92 Å². The third-order valence-electron chi connectivity index (χ3n) is 2.69. The lowest BCUT2D eigenvalue weighted by molar-refractivity contribution is -0.137. The molecule has 0 spiro atoms. The molecule has 18 heavy (non-hydrogen) atoms. The molecule has 0 aliphatic rings. The number of carbonyl (C=O) groups excluding carboxylic acids is 1. The van der Waals surface area contributed by atoms with E-state index in [1.54, 1.807) is 0 Å². The highest BCUT2D eigenvalue weighted by molar-refractivity contribution is 5.72. The lowest BCUT2D eigenvalue weighted by atomic mass is 10.1. The van der Waals surface area contributed by atoms with Gasteiger partial charge in [-0.25, -0.2) is 0 Å². The molecule has 0 aromatic heterocycles. The van der Waals surface area contributed by atoms with E-state index in [9.17, 15) is 9.59 Å². The van der Waals surface area contributed by atoms with E-state index in [2.05, 4.69) is 24.1 Å². The molecule has 0 atom stereocenters. The maximum atomic E-state index is 10.7. The van der Waals surface area contributed by atoms with Crippen molar-refractivity contribution in [2.75, 3.05) is 26.2 Å². The van der Waals surface area contributed by atoms with E-state index < -0.39 is 5.97 Å². The molecular formula is C13H26N2O3. The highest BCUT2D eigenvalue weighted by Gasteiger charge is 2.08. The second-order valence-electron chi connectivity index (χ2n) is 5.00. The Morgan fingerprint density at radius 1 is 1.22 bits per heavy atom. The Kier molecular flexibility index (Phi) is 9.28. The predicted octanol–water partition coefficient (Wildman–Crippen LogP) is 1.34. The molecule has 0 radical (unpaired) electrons. The van der Waals surface area contributed by atoms with Crippen LogP contribution in [0.3, 0.4) is 0 Å². The molecule has 0 rings (SSSR count). The standard InChI is InChI=1S/C13H26N2O3/c1-11(2)5-9-15(10-6-13(17)18)8-4-7-14-12(3)16/h11H,4-10H2,1-3H3,(H,14,16)(H,17,18). The van der Waals surface area contributed by atoms with Crippen molar-refractivity contribution in [1.82, 2.24) is 10.2 Å². The van der Waals surface area contributed by atoms with Crippen molar-refractivity contribution < 1.29 is 14.7 Å². The average Bonchev–Trinajstić information content (AvgIpc) is 2.25. The van der Waals surface area contributed by atoms with E-state index in [4.69, 9.17) is 5.11 Å². The molecule has 0 saturated carbocycles. The first kappa shape index (κ1) is 16.9. The van der Waals surface area contributed by atoms with Crippen LogP contribution in [-0.4, -0.2) is 48.1 Å². The fourth-order valence-corrected chi connectivity index (χ4v) is 1.60. The number of hydrogen-bond acceptors (Lipinski definition) is 3. The molecule has 0 heterocycles. The summed E-state index contributed by atoms with van der Waals surface area (Å²) < 4.78 is 0. The summed E-state index contributed by atoms with van der Waals surface area (Å²) >= 11 is 0. The summed E-state index contributed by atoms with van der Waals surface area (Å²) in [6.45, 7) is 8.81. The summed E-state index contributed by atoms with van der Waals surface area (Å²) in [5, 5.41) is 11.4. The average molecular weight is 258 g/mol. The minimum Gasteiger partial charge on any atom is -0.481 e. The Morgan fingerprint density at radius 3 is 2.39 bits per heavy atom. The number of amides is 1. The van der Waals surface area contributed by atoms with Crippen molar-refractivity contribution in [3.05, 3.63) is 0 Å². The van der Waals surface area contributed by atoms with E-state index in [-0.39, 0.29) is 12.3 Å². The van der Waals surface area contributed by atoms with E-state index in [0.29, 0.717) is 19.0 Å². The third-order valence-corrected chi connectivity index (χ3v) is 2.69. The van der Waals surface area contributed by atoms with Gasteiger partial charge in [-0.2, -0.15) is 0 Å². The van der Waals surface area contributed by atoms with Gasteiger partial charge in [0, 0.05) is 20.0 Å². The van der Waals surface area contributed by atoms with Gasteiger partial charge in [0.05, 0.1) is 6.42 Å². The third kappa shape index (κ3) is 11.4. The Labute approximate surface area is 110 Å². The van der Waals surface area contributed by atoms with E-state index in [0.717, 1.165) is 25.9 Å². The van der Waals surface area contributed by atoms with Crippen molar-refractivity contribution in [1.29, 1.82) is 0 Å². The van der Waals surface area contributed by atoms with Crippen LogP contribution in [0.4, 0.5) is 0 Å². The van der Waals surface area contributed by atoms with Crippen molar-refractivity contribution in [2.24, 2.45) is 5.92 Å². The summed E-state index contributed by atoms with van der Waals surface area (Å²) in [5.74, 6) is -0.159. The lowest BCUT2D eigenvalue weighted by Crippen LogP contribution is -2.32. The van der Waals surface area contributed by atoms with E-state index in [1.807, 2.05) is 0 Å². The van der Waals surface area contributed by atoms with Gasteiger partial charge in [-0.1, -0.05) is 13.8 Å². The second kappa shape index (κ2) is 9.88. The van der Waals surface area contributed by atoms with Crippen LogP contribution in [0.25, 0.3) is 0 Å². The molecule has 5 nitrogen and oxygen atoms in total. The predicted molar refractivity (Wildman–Crippen MR) is 71.4 cm³/mol. The van der Waals surface area contributed by atoms with Gasteiger partial charge < -0.3 is 15.3 Å². The molecule has 0 aliphatic heterocycles. The van der Waals surface area contributed by atoms with Crippen LogP contribution >= 0.6 is 0 Å². The first-order chi connectivity index (χ1) is 8.41. The van der Waals surface area contributed by atoms with Gasteiger partial charge in [-0.15, -0.1) is 0 Å². The summed E-state index contributed by atoms with van der Waals surface area (Å²) in [5.41, 5.74) is 0. The van der Waals surface area contributed by atoms with Gasteiger partial charge in [-0.3, -0.25) is 9.59 Å². The van der Waals surface area contributed by atoms with Gasteiger partial charge in [0.25, 0.3) is 0 Å². The minimum atomic E-state index is -0.758. The van der Waals surface area contributed by atoms with E-state index in [1.165, 1.54) is 6.92 Å². The van der Waals surface area contributed by atoms with Gasteiger partial charge in [0.1, 0.15) is 0 Å². The number of aliphatic carboxylic acids is 1. The molecule has 0 unspecified atom stereocenters. The minimum absolute atomic E-state index is 0.0192. The smallest absolute Gasteiger partial charge is 0.304 e. The largest absolute Gasteiger partial charge is 0.481 e. The Bertz CT molecular complexity index is 255. The molecule has 0 fully saturated rings. The Morgan fingerprint density at radius 2 is 1.89 bits per heavy atom. The Balaban J connectivity index is 3.87. The quantitative estimate of drug-likeness (QED) is 0.580. The normalized spacial score (nSPS) is 10.9. The first-order valence-corrected chi connectivity index (χ1v) is 6.60. The zero-order valence-electron chi connectivity index (χ0n) is 11.7. The second-order valence-corrected chi connectivity index (χ2v) is 5.00. The van der Waals surface area contributed by atoms with Crippen LogP contribution in [0.2, 0.25) is 0 Å². The summed E-state index contributed by atoms with van der Waals surface area (Å²) in [7, 11) is 0. The first-order valence-electron chi connectivity index (χ1n) is 6.60. The molecule has 0 aromatic carbocycles. The molecule has 106 valence electrons. The number of carbonyl (C=O) groups is 2. The van der Waals surface area contributed by atoms with Crippen molar-refractivity contribution in [3.8, 4) is 0 Å². The number of carboxylic acids is 1. The van der Waals surface area contributed by atoms with Crippen LogP contribution in [-0.2, 0) is 9.59 Å². The lowest BCUT2D eigenvalue weighted by Gasteiger charge is -2.22. The molecule has 0 saturated heterocycles. The SMILES string of the molecule is CC(=O)NCCCN(CCC(=O)O)CCC(C)C. The van der Waals surface area contributed by atoms with Crippen LogP contribution in [0.1, 0.15) is 40.0 Å². The number of rotatable bonds is 10. The van der Waals surface area contributed by atoms with Crippen molar-refractivity contribution >= 4 is 11.9 Å². The number of nitrogens with one attached hydrogen (secondary N) is 1. The molecule has 0 aliphatic carbocycles. The molecule has 2 N–H and O–H groups in total. The number of hydrogen-bond donors (Lipinski definition) is 2. The zero-order chi connectivity index (χ0) is 14.0. The number of nitrogens with zero attached hydrogens (tertiary/aromatic N) is 1. The molecule has 1 amide bonds. The highest BCUT2D eigenvalue weighted by Crippen LogP contribution is 2.03. The monoisotopic (exact) mass is 258 g/mol. The zero-order valence-corrected chi connectivity index (χ0v) is 11.7. The molecular weight excluding hydrogens is 232 g/mol. The Hall–Kier alpha value is -1.10. The van der Waals surface area contributed by atoms with E-state index >= 15 is 0 Å². The van der Waals surface area contributed by atoms with Crippen LogP contribution < -0.4 is 5.32 Å². The van der Waals surface area contributed by atoms with Gasteiger partial charge in [0.2, 0.25) is 5.91 Å². The summed E-state index contributed by atoms with van der Waals surface area (Å²) in [6.07, 6.45) is 2.11. The summed E-state index contributed by atoms with van der Waals surface area (Å²) in [6, 6.07) is 0. The van der Waals surface area contributed by atoms with Crippen molar-refractivity contribution in [3.63, 3.8) is 0 Å². The highest BCUT2D eigenvalue weighted by atomic mass is 16.4. The fourth-order valence-electron chi connectivity index (χ4n) is 1.60.